The number of rotatable bonds is 6. The van der Waals surface area contributed by atoms with Crippen molar-refractivity contribution in [1.29, 1.82) is 0 Å². The number of halogens is 3. The fourth-order valence-corrected chi connectivity index (χ4v) is 2.67. The van der Waals surface area contributed by atoms with Crippen molar-refractivity contribution in [2.75, 3.05) is 13.7 Å². The summed E-state index contributed by atoms with van der Waals surface area (Å²) in [5.74, 6) is -0.418. The molecule has 25 heavy (non-hydrogen) atoms. The van der Waals surface area contributed by atoms with E-state index in [0.29, 0.717) is 36.7 Å². The molecule has 0 unspecified atom stereocenters. The van der Waals surface area contributed by atoms with Crippen LogP contribution in [0.15, 0.2) is 29.2 Å². The molecule has 0 saturated carbocycles. The molecule has 0 atom stereocenters. The van der Waals surface area contributed by atoms with Crippen LogP contribution in [0.25, 0.3) is 0 Å². The predicted molar refractivity (Wildman–Crippen MR) is 85.8 cm³/mol. The zero-order valence-corrected chi connectivity index (χ0v) is 14.2. The van der Waals surface area contributed by atoms with E-state index in [4.69, 9.17) is 4.74 Å². The highest BCUT2D eigenvalue weighted by atomic mass is 19.4. The molecule has 2 rings (SSSR count). The number of Topliss-reactive ketones (excluding diaryl/α,β-unsaturated/α-hetero) is 1. The highest BCUT2D eigenvalue weighted by molar-refractivity contribution is 5.97. The summed E-state index contributed by atoms with van der Waals surface area (Å²) in [5.41, 5.74) is 0.298. The maximum Gasteiger partial charge on any atom is 0.417 e. The predicted octanol–water partition coefficient (Wildman–Crippen LogP) is 2.81. The first-order valence-electron chi connectivity index (χ1n) is 7.61. The van der Waals surface area contributed by atoms with Crippen LogP contribution in [0.2, 0.25) is 0 Å². The zero-order valence-electron chi connectivity index (χ0n) is 14.2. The minimum atomic E-state index is -4.57. The molecule has 8 heteroatoms. The molecule has 2 aromatic heterocycles. The van der Waals surface area contributed by atoms with E-state index < -0.39 is 29.6 Å². The number of aromatic nitrogens is 2. The molecule has 0 fully saturated rings. The fraction of sp³-hybridized carbons (Fsp3) is 0.412. The van der Waals surface area contributed by atoms with Crippen LogP contribution in [-0.4, -0.2) is 28.6 Å². The van der Waals surface area contributed by atoms with Gasteiger partial charge >= 0.3 is 6.18 Å². The standard InChI is InChI=1S/C17H19F3N2O3/c1-11-8-14(12(2)22(11)6-7-25-3)15(23)10-21-9-13(17(18,19)20)4-5-16(21)24/h4-5,8-9H,6-7,10H2,1-3H3. The van der Waals surface area contributed by atoms with Gasteiger partial charge in [0.1, 0.15) is 0 Å². The fourth-order valence-electron chi connectivity index (χ4n) is 2.67. The van der Waals surface area contributed by atoms with Gasteiger partial charge in [-0.05, 0) is 26.0 Å². The van der Waals surface area contributed by atoms with Crippen molar-refractivity contribution >= 4 is 5.78 Å². The maximum absolute atomic E-state index is 12.8. The van der Waals surface area contributed by atoms with E-state index in [1.54, 1.807) is 20.1 Å². The molecular formula is C17H19F3N2O3. The van der Waals surface area contributed by atoms with Crippen molar-refractivity contribution in [2.24, 2.45) is 0 Å². The lowest BCUT2D eigenvalue weighted by Gasteiger charge is -2.11. The zero-order chi connectivity index (χ0) is 18.8. The van der Waals surface area contributed by atoms with Crippen molar-refractivity contribution in [3.05, 3.63) is 57.3 Å². The second kappa shape index (κ2) is 7.26. The molecule has 0 aromatic carbocycles. The quantitative estimate of drug-likeness (QED) is 0.748. The Bertz CT molecular complexity index is 835. The number of ether oxygens (including phenoxy) is 1. The number of ketones is 1. The average molecular weight is 356 g/mol. The van der Waals surface area contributed by atoms with Crippen molar-refractivity contribution in [1.82, 2.24) is 9.13 Å². The number of nitrogens with zero attached hydrogens (tertiary/aromatic N) is 2. The van der Waals surface area contributed by atoms with Gasteiger partial charge in [0.25, 0.3) is 5.56 Å². The Hall–Kier alpha value is -2.35. The number of pyridine rings is 1. The third-order valence-electron chi connectivity index (χ3n) is 4.02. The van der Waals surface area contributed by atoms with Gasteiger partial charge in [0.2, 0.25) is 0 Å². The van der Waals surface area contributed by atoms with Crippen molar-refractivity contribution in [2.45, 2.75) is 33.1 Å². The molecule has 2 aromatic rings. The van der Waals surface area contributed by atoms with Gasteiger partial charge in [0.15, 0.2) is 5.78 Å². The maximum atomic E-state index is 12.8. The molecule has 0 bridgehead atoms. The molecule has 5 nitrogen and oxygen atoms in total. The second-order valence-electron chi connectivity index (χ2n) is 5.73. The summed E-state index contributed by atoms with van der Waals surface area (Å²) in [4.78, 5) is 24.3. The first-order valence-corrected chi connectivity index (χ1v) is 7.61. The number of hydrogen-bond acceptors (Lipinski definition) is 3. The molecule has 0 aliphatic heterocycles. The molecule has 0 amide bonds. The summed E-state index contributed by atoms with van der Waals surface area (Å²) in [6.07, 6.45) is -3.90. The van der Waals surface area contributed by atoms with Crippen LogP contribution in [0.1, 0.15) is 27.3 Å². The smallest absolute Gasteiger partial charge is 0.383 e. The minimum absolute atomic E-state index is 0.387. The SMILES string of the molecule is COCCn1c(C)cc(C(=O)Cn2cc(C(F)(F)F)ccc2=O)c1C. The van der Waals surface area contributed by atoms with E-state index in [0.717, 1.165) is 16.3 Å². The van der Waals surface area contributed by atoms with E-state index >= 15 is 0 Å². The molecular weight excluding hydrogens is 337 g/mol. The largest absolute Gasteiger partial charge is 0.417 e. The molecule has 0 aliphatic carbocycles. The van der Waals surface area contributed by atoms with Crippen LogP contribution in [-0.2, 0) is 24.0 Å². The number of alkyl halides is 3. The van der Waals surface area contributed by atoms with E-state index in [-0.39, 0.29) is 0 Å². The van der Waals surface area contributed by atoms with Gasteiger partial charge in [-0.2, -0.15) is 13.2 Å². The van der Waals surface area contributed by atoms with E-state index in [1.807, 2.05) is 11.5 Å². The van der Waals surface area contributed by atoms with Crippen LogP contribution in [0.3, 0.4) is 0 Å². The third kappa shape index (κ3) is 4.19. The number of carbonyl (C=O) groups is 1. The molecule has 136 valence electrons. The van der Waals surface area contributed by atoms with Crippen LogP contribution < -0.4 is 5.56 Å². The average Bonchev–Trinajstić information content (AvgIpc) is 2.81. The van der Waals surface area contributed by atoms with Crippen LogP contribution in [0, 0.1) is 13.8 Å². The summed E-state index contributed by atoms with van der Waals surface area (Å²) < 4.78 is 46.1. The molecule has 2 heterocycles. The molecule has 0 N–H and O–H groups in total. The summed E-state index contributed by atoms with van der Waals surface area (Å²) in [6, 6.07) is 3.20. The Morgan fingerprint density at radius 1 is 1.24 bits per heavy atom. The first-order chi connectivity index (χ1) is 11.6. The Morgan fingerprint density at radius 3 is 2.52 bits per heavy atom. The lowest BCUT2D eigenvalue weighted by molar-refractivity contribution is -0.138. The van der Waals surface area contributed by atoms with E-state index in [2.05, 4.69) is 0 Å². The second-order valence-corrected chi connectivity index (χ2v) is 5.73. The number of methoxy groups -OCH3 is 1. The number of hydrogen-bond donors (Lipinski definition) is 0. The summed E-state index contributed by atoms with van der Waals surface area (Å²) in [7, 11) is 1.57. The number of carbonyl (C=O) groups excluding carboxylic acids is 1. The molecule has 0 aliphatic rings. The van der Waals surface area contributed by atoms with Gasteiger partial charge in [0.05, 0.1) is 18.7 Å². The van der Waals surface area contributed by atoms with Crippen molar-refractivity contribution < 1.29 is 22.7 Å². The van der Waals surface area contributed by atoms with E-state index in [1.165, 1.54) is 0 Å². The monoisotopic (exact) mass is 356 g/mol. The Labute approximate surface area is 142 Å². The van der Waals surface area contributed by atoms with Crippen molar-refractivity contribution in [3.63, 3.8) is 0 Å². The highest BCUT2D eigenvalue weighted by Gasteiger charge is 2.31. The minimum Gasteiger partial charge on any atom is -0.383 e. The summed E-state index contributed by atoms with van der Waals surface area (Å²) >= 11 is 0. The van der Waals surface area contributed by atoms with Crippen LogP contribution in [0.5, 0.6) is 0 Å². The van der Waals surface area contributed by atoms with Gasteiger partial charge in [0, 0.05) is 42.9 Å². The summed E-state index contributed by atoms with van der Waals surface area (Å²) in [6.45, 7) is 4.17. The van der Waals surface area contributed by atoms with Gasteiger partial charge < -0.3 is 13.9 Å². The van der Waals surface area contributed by atoms with Gasteiger partial charge in [-0.25, -0.2) is 0 Å². The molecule has 0 saturated heterocycles. The Morgan fingerprint density at radius 2 is 1.92 bits per heavy atom. The van der Waals surface area contributed by atoms with Gasteiger partial charge in [-0.15, -0.1) is 0 Å². The highest BCUT2D eigenvalue weighted by Crippen LogP contribution is 2.28. The Kier molecular flexibility index (Phi) is 5.52. The topological polar surface area (TPSA) is 53.2 Å². The first kappa shape index (κ1) is 19.0. The van der Waals surface area contributed by atoms with Crippen LogP contribution >= 0.6 is 0 Å². The molecule has 0 spiro atoms. The summed E-state index contributed by atoms with van der Waals surface area (Å²) in [5, 5.41) is 0. The normalized spacial score (nSPS) is 11.8. The molecule has 0 radical (unpaired) electrons. The number of aryl methyl sites for hydroxylation is 1. The van der Waals surface area contributed by atoms with E-state index in [9.17, 15) is 22.8 Å². The third-order valence-corrected chi connectivity index (χ3v) is 4.02. The van der Waals surface area contributed by atoms with Gasteiger partial charge in [-0.3, -0.25) is 9.59 Å². The lowest BCUT2D eigenvalue weighted by atomic mass is 10.1. The van der Waals surface area contributed by atoms with Gasteiger partial charge in [-0.1, -0.05) is 0 Å². The van der Waals surface area contributed by atoms with Crippen molar-refractivity contribution in [3.8, 4) is 0 Å². The van der Waals surface area contributed by atoms with Crippen LogP contribution in [0.4, 0.5) is 13.2 Å². The lowest BCUT2D eigenvalue weighted by Crippen LogP contribution is -2.25. The Balaban J connectivity index is 2.30.